The van der Waals surface area contributed by atoms with E-state index in [1.54, 1.807) is 18.3 Å². The molecule has 4 rings (SSSR count). The minimum Gasteiger partial charge on any atom is -0.382 e. The first-order valence-corrected chi connectivity index (χ1v) is 13.3. The van der Waals surface area contributed by atoms with Gasteiger partial charge in [0.15, 0.2) is 5.82 Å². The highest BCUT2D eigenvalue weighted by Gasteiger charge is 2.37. The zero-order valence-electron chi connectivity index (χ0n) is 20.1. The van der Waals surface area contributed by atoms with Crippen molar-refractivity contribution in [2.75, 3.05) is 23.9 Å². The average molecular weight is 517 g/mol. The van der Waals surface area contributed by atoms with Crippen LogP contribution in [0.3, 0.4) is 0 Å². The topological polar surface area (TPSA) is 144 Å². The maximum atomic E-state index is 12.6. The Morgan fingerprint density at radius 2 is 2.06 bits per heavy atom. The first-order chi connectivity index (χ1) is 17.3. The first kappa shape index (κ1) is 25.5. The molecule has 192 valence electrons. The molecule has 0 aliphatic heterocycles. The Bertz CT molecular complexity index is 1330. The van der Waals surface area contributed by atoms with Crippen molar-refractivity contribution >= 4 is 33.3 Å². The Morgan fingerprint density at radius 1 is 1.25 bits per heavy atom. The van der Waals surface area contributed by atoms with E-state index in [4.69, 9.17) is 0 Å². The number of hydrogen-bond acceptors (Lipinski definition) is 9. The maximum Gasteiger partial charge on any atom is 0.256 e. The summed E-state index contributed by atoms with van der Waals surface area (Å²) in [5, 5.41) is 12.7. The lowest BCUT2D eigenvalue weighted by atomic mass is 10.1. The van der Waals surface area contributed by atoms with Gasteiger partial charge in [0.25, 0.3) is 15.9 Å². The molecular weight excluding hydrogens is 487 g/mol. The molecule has 3 aromatic rings. The highest BCUT2D eigenvalue weighted by molar-refractivity contribution is 7.90. The SMILES string of the molecule is CC[C@H](C)Nc1cc(Nc2ccnc(-c3cnn(S(=O)(=O)C4CC4)c3)n2)ncc1C(=O)NCCCF. The van der Waals surface area contributed by atoms with Gasteiger partial charge in [-0.25, -0.2) is 23.4 Å². The maximum absolute atomic E-state index is 12.6. The monoisotopic (exact) mass is 516 g/mol. The molecule has 0 radical (unpaired) electrons. The zero-order chi connectivity index (χ0) is 25.7. The van der Waals surface area contributed by atoms with E-state index in [1.165, 1.54) is 18.6 Å². The van der Waals surface area contributed by atoms with Crippen molar-refractivity contribution in [2.24, 2.45) is 0 Å². The van der Waals surface area contributed by atoms with Crippen LogP contribution in [0, 0.1) is 0 Å². The van der Waals surface area contributed by atoms with Crippen LogP contribution in [0.25, 0.3) is 11.4 Å². The summed E-state index contributed by atoms with van der Waals surface area (Å²) in [6.45, 7) is 3.76. The van der Waals surface area contributed by atoms with E-state index in [2.05, 4.69) is 36.0 Å². The lowest BCUT2D eigenvalue weighted by molar-refractivity contribution is 0.0953. The third-order valence-corrected chi connectivity index (χ3v) is 7.73. The normalized spacial score (nSPS) is 14.3. The average Bonchev–Trinajstić information content (AvgIpc) is 3.61. The van der Waals surface area contributed by atoms with Crippen molar-refractivity contribution < 1.29 is 17.6 Å². The lowest BCUT2D eigenvalue weighted by Crippen LogP contribution is -2.27. The summed E-state index contributed by atoms with van der Waals surface area (Å²) in [5.41, 5.74) is 1.41. The highest BCUT2D eigenvalue weighted by atomic mass is 32.2. The molecule has 0 unspecified atom stereocenters. The first-order valence-electron chi connectivity index (χ1n) is 11.8. The number of anilines is 3. The number of rotatable bonds is 12. The number of nitrogens with zero attached hydrogens (tertiary/aromatic N) is 5. The van der Waals surface area contributed by atoms with Gasteiger partial charge in [0.2, 0.25) is 0 Å². The molecule has 3 N–H and O–H groups in total. The Labute approximate surface area is 209 Å². The summed E-state index contributed by atoms with van der Waals surface area (Å²) in [5.74, 6) is 0.840. The second-order valence-corrected chi connectivity index (χ2v) is 10.7. The Balaban J connectivity index is 1.54. The number of pyridine rings is 1. The van der Waals surface area contributed by atoms with Crippen molar-refractivity contribution in [3.63, 3.8) is 0 Å². The van der Waals surface area contributed by atoms with Crippen molar-refractivity contribution in [3.05, 3.63) is 42.5 Å². The largest absolute Gasteiger partial charge is 0.382 e. The number of alkyl halides is 1. The van der Waals surface area contributed by atoms with E-state index in [9.17, 15) is 17.6 Å². The molecule has 3 heterocycles. The standard InChI is InChI=1S/C23H29FN8O3S/c1-3-15(2)29-19-11-21(27-13-18(19)23(33)26-9-4-8-24)30-20-7-10-25-22(31-20)16-12-28-32(14-16)36(34,35)17-5-6-17/h7,10-15,17H,3-6,8-9H2,1-2H3,(H,26,33)(H2,25,27,29,30,31)/t15-/m0/s1. The molecule has 11 nitrogen and oxygen atoms in total. The van der Waals surface area contributed by atoms with E-state index >= 15 is 0 Å². The number of carbonyl (C=O) groups excluding carboxylic acids is 1. The van der Waals surface area contributed by atoms with E-state index in [-0.39, 0.29) is 30.2 Å². The molecule has 13 heteroatoms. The summed E-state index contributed by atoms with van der Waals surface area (Å²) in [7, 11) is -3.48. The molecule has 0 spiro atoms. The second kappa shape index (κ2) is 11.0. The van der Waals surface area contributed by atoms with Crippen LogP contribution in [0.4, 0.5) is 21.7 Å². The summed E-state index contributed by atoms with van der Waals surface area (Å²) < 4.78 is 38.2. The van der Waals surface area contributed by atoms with Gasteiger partial charge in [0.05, 0.1) is 41.1 Å². The number of halogens is 1. The minimum atomic E-state index is -3.48. The molecule has 1 atom stereocenters. The fourth-order valence-corrected chi connectivity index (χ4v) is 4.81. The van der Waals surface area contributed by atoms with Gasteiger partial charge < -0.3 is 16.0 Å². The molecule has 0 aromatic carbocycles. The van der Waals surface area contributed by atoms with E-state index in [0.717, 1.165) is 10.5 Å². The third kappa shape index (κ3) is 5.96. The summed E-state index contributed by atoms with van der Waals surface area (Å²) in [6.07, 6.45) is 8.20. The van der Waals surface area contributed by atoms with E-state index < -0.39 is 16.7 Å². The zero-order valence-corrected chi connectivity index (χ0v) is 20.9. The Hall–Kier alpha value is -3.61. The van der Waals surface area contributed by atoms with Crippen LogP contribution in [0.15, 0.2) is 36.9 Å². The van der Waals surface area contributed by atoms with Crippen LogP contribution >= 0.6 is 0 Å². The fraction of sp³-hybridized carbons (Fsp3) is 0.435. The van der Waals surface area contributed by atoms with Crippen LogP contribution in [0.5, 0.6) is 0 Å². The number of aromatic nitrogens is 5. The minimum absolute atomic E-state index is 0.103. The van der Waals surface area contributed by atoms with Gasteiger partial charge in [-0.15, -0.1) is 0 Å². The predicted molar refractivity (Wildman–Crippen MR) is 134 cm³/mol. The lowest BCUT2D eigenvalue weighted by Gasteiger charge is -2.17. The van der Waals surface area contributed by atoms with Crippen molar-refractivity contribution in [1.82, 2.24) is 29.5 Å². The van der Waals surface area contributed by atoms with Crippen LogP contribution in [0.1, 0.15) is 49.9 Å². The van der Waals surface area contributed by atoms with Crippen molar-refractivity contribution in [2.45, 2.75) is 50.8 Å². The second-order valence-electron chi connectivity index (χ2n) is 8.60. The molecule has 0 bridgehead atoms. The van der Waals surface area contributed by atoms with Gasteiger partial charge in [0, 0.05) is 31.0 Å². The van der Waals surface area contributed by atoms with Crippen LogP contribution < -0.4 is 16.0 Å². The van der Waals surface area contributed by atoms with E-state index in [0.29, 0.717) is 47.1 Å². The van der Waals surface area contributed by atoms with Gasteiger partial charge in [-0.05, 0) is 38.7 Å². The van der Waals surface area contributed by atoms with Gasteiger partial charge >= 0.3 is 0 Å². The van der Waals surface area contributed by atoms with Crippen LogP contribution in [0.2, 0.25) is 0 Å². The molecule has 1 aliphatic rings. The third-order valence-electron chi connectivity index (χ3n) is 5.70. The molecule has 0 saturated heterocycles. The predicted octanol–water partition coefficient (Wildman–Crippen LogP) is 3.12. The van der Waals surface area contributed by atoms with Crippen molar-refractivity contribution in [1.29, 1.82) is 0 Å². The van der Waals surface area contributed by atoms with Crippen LogP contribution in [-0.2, 0) is 10.0 Å². The van der Waals surface area contributed by atoms with Crippen molar-refractivity contribution in [3.8, 4) is 11.4 Å². The molecule has 1 fully saturated rings. The fourth-order valence-electron chi connectivity index (χ4n) is 3.33. The molecule has 1 amide bonds. The summed E-state index contributed by atoms with van der Waals surface area (Å²) >= 11 is 0. The Kier molecular flexibility index (Phi) is 7.77. The molecule has 3 aromatic heterocycles. The van der Waals surface area contributed by atoms with Crippen LogP contribution in [-0.4, -0.2) is 63.0 Å². The summed E-state index contributed by atoms with van der Waals surface area (Å²) in [4.78, 5) is 25.6. The molecular formula is C23H29FN8O3S. The Morgan fingerprint density at radius 3 is 2.78 bits per heavy atom. The van der Waals surface area contributed by atoms with E-state index in [1.807, 2.05) is 13.8 Å². The smallest absolute Gasteiger partial charge is 0.256 e. The van der Waals surface area contributed by atoms with Gasteiger partial charge in [-0.3, -0.25) is 9.18 Å². The van der Waals surface area contributed by atoms with Gasteiger partial charge in [-0.1, -0.05) is 6.92 Å². The number of amides is 1. The van der Waals surface area contributed by atoms with Gasteiger partial charge in [-0.2, -0.15) is 9.19 Å². The number of hydrogen-bond donors (Lipinski definition) is 3. The number of nitrogens with one attached hydrogen (secondary N) is 3. The van der Waals surface area contributed by atoms with Gasteiger partial charge in [0.1, 0.15) is 11.6 Å². The molecule has 1 aliphatic carbocycles. The highest BCUT2D eigenvalue weighted by Crippen LogP contribution is 2.30. The summed E-state index contributed by atoms with van der Waals surface area (Å²) in [6, 6.07) is 3.46. The quantitative estimate of drug-likeness (QED) is 0.309. The molecule has 36 heavy (non-hydrogen) atoms. The number of carbonyl (C=O) groups is 1. The molecule has 1 saturated carbocycles.